The number of hydrogen-bond acceptors (Lipinski definition) is 1. The predicted octanol–water partition coefficient (Wildman–Crippen LogP) is 1.13. The summed E-state index contributed by atoms with van der Waals surface area (Å²) < 4.78 is 17.4. The lowest BCUT2D eigenvalue weighted by Crippen LogP contribution is -3.00. The topological polar surface area (TPSA) is 37.9 Å². The molecular weight excluding hydrogens is 400 g/mol. The third-order valence-electron chi connectivity index (χ3n) is 4.92. The molecule has 0 atom stereocenters. The normalized spacial score (nSPS) is 12.4. The minimum Gasteiger partial charge on any atom is -1.00 e. The average molecular weight is 420 g/mol. The molecule has 1 N–H and O–H groups in total. The lowest BCUT2D eigenvalue weighted by Gasteiger charge is -2.08. The Morgan fingerprint density at radius 2 is 2.00 bits per heavy atom. The van der Waals surface area contributed by atoms with Gasteiger partial charge in [0.15, 0.2) is 12.2 Å². The first kappa shape index (κ1) is 20.4. The summed E-state index contributed by atoms with van der Waals surface area (Å²) in [7, 11) is 0. The Kier molecular flexibility index (Phi) is 6.06. The van der Waals surface area contributed by atoms with E-state index in [1.54, 1.807) is 24.3 Å². The molecule has 146 valence electrons. The molecule has 0 bridgehead atoms. The lowest BCUT2D eigenvalue weighted by atomic mass is 10.1. The Labute approximate surface area is 174 Å². The summed E-state index contributed by atoms with van der Waals surface area (Å²) in [5.74, 6) is 0.764. The molecule has 0 aliphatic carbocycles. The number of aromatic nitrogens is 2. The van der Waals surface area contributed by atoms with Crippen molar-refractivity contribution in [2.45, 2.75) is 32.9 Å². The first-order valence-electron chi connectivity index (χ1n) is 8.95. The van der Waals surface area contributed by atoms with E-state index in [2.05, 4.69) is 9.88 Å². The monoisotopic (exact) mass is 419 g/mol. The molecule has 0 fully saturated rings. The predicted molar refractivity (Wildman–Crippen MR) is 103 cm³/mol. The number of hydrogen-bond donors (Lipinski definition) is 1. The van der Waals surface area contributed by atoms with E-state index in [1.807, 2.05) is 23.8 Å². The summed E-state index contributed by atoms with van der Waals surface area (Å²) in [5, 5.41) is 3.53. The summed E-state index contributed by atoms with van der Waals surface area (Å²) in [4.78, 5) is 12.6. The second-order valence-electron chi connectivity index (χ2n) is 6.83. The van der Waals surface area contributed by atoms with Crippen LogP contribution >= 0.6 is 11.6 Å². The van der Waals surface area contributed by atoms with Crippen molar-refractivity contribution in [2.75, 3.05) is 5.32 Å². The van der Waals surface area contributed by atoms with Crippen LogP contribution in [0, 0.1) is 12.7 Å². The number of carbonyl (C=O) groups excluding carboxylic acids is 1. The van der Waals surface area contributed by atoms with E-state index in [9.17, 15) is 9.18 Å². The number of carbonyl (C=O) groups is 1. The van der Waals surface area contributed by atoms with Crippen molar-refractivity contribution in [2.24, 2.45) is 0 Å². The molecule has 3 aromatic rings. The molecule has 1 aliphatic rings. The number of halogens is 3. The molecule has 1 amide bonds. The lowest BCUT2D eigenvalue weighted by molar-refractivity contribution is -0.690. The van der Waals surface area contributed by atoms with Gasteiger partial charge in [0.25, 0.3) is 11.7 Å². The number of nitrogens with one attached hydrogen (secondary N) is 1. The third kappa shape index (κ3) is 4.05. The summed E-state index contributed by atoms with van der Waals surface area (Å²) in [6.07, 6.45) is 3.94. The molecule has 0 spiro atoms. The van der Waals surface area contributed by atoms with Crippen molar-refractivity contribution in [1.29, 1.82) is 0 Å². The van der Waals surface area contributed by atoms with E-state index in [-0.39, 0.29) is 30.7 Å². The zero-order valence-corrected chi connectivity index (χ0v) is 16.9. The maximum absolute atomic E-state index is 13.2. The molecule has 7 heteroatoms. The number of anilines is 1. The van der Waals surface area contributed by atoms with Gasteiger partial charge in [0, 0.05) is 16.3 Å². The minimum atomic E-state index is -0.254. The van der Waals surface area contributed by atoms with E-state index in [0.29, 0.717) is 5.02 Å². The smallest absolute Gasteiger partial charge is 0.266 e. The molecule has 2 heterocycles. The summed E-state index contributed by atoms with van der Waals surface area (Å²) in [6.45, 7) is 3.06. The maximum Gasteiger partial charge on any atom is 0.266 e. The van der Waals surface area contributed by atoms with Crippen molar-refractivity contribution in [3.8, 4) is 11.3 Å². The van der Waals surface area contributed by atoms with Crippen LogP contribution in [-0.2, 0) is 24.3 Å². The first-order valence-corrected chi connectivity index (χ1v) is 9.33. The molecule has 1 aliphatic heterocycles. The van der Waals surface area contributed by atoms with Gasteiger partial charge in [0.1, 0.15) is 12.0 Å². The van der Waals surface area contributed by atoms with E-state index in [4.69, 9.17) is 11.6 Å². The molecule has 0 saturated heterocycles. The van der Waals surface area contributed by atoms with E-state index in [0.717, 1.165) is 47.7 Å². The van der Waals surface area contributed by atoms with Crippen molar-refractivity contribution >= 4 is 23.2 Å². The van der Waals surface area contributed by atoms with Crippen LogP contribution in [-0.4, -0.2) is 10.5 Å². The SMILES string of the molecule is Cc1ccc(Cl)cc1NC(=O)C[n+]1cc(-c2ccc(F)cc2)n2c1CCC2.[Cl-]. The van der Waals surface area contributed by atoms with Crippen LogP contribution in [0.15, 0.2) is 48.7 Å². The zero-order chi connectivity index (χ0) is 19.0. The highest BCUT2D eigenvalue weighted by Crippen LogP contribution is 2.25. The van der Waals surface area contributed by atoms with Gasteiger partial charge in [-0.25, -0.2) is 13.5 Å². The zero-order valence-electron chi connectivity index (χ0n) is 15.4. The maximum atomic E-state index is 13.2. The average Bonchev–Trinajstić information content (AvgIpc) is 3.23. The number of amides is 1. The Balaban J connectivity index is 0.00000225. The Hall–Kier alpha value is -2.37. The molecule has 4 nitrogen and oxygen atoms in total. The second kappa shape index (κ2) is 8.33. The fourth-order valence-electron chi connectivity index (χ4n) is 3.57. The van der Waals surface area contributed by atoms with Crippen molar-refractivity contribution < 1.29 is 26.2 Å². The van der Waals surface area contributed by atoms with Crippen molar-refractivity contribution in [3.05, 3.63) is 70.9 Å². The molecular formula is C21H20Cl2FN3O. The van der Waals surface area contributed by atoms with Gasteiger partial charge in [-0.3, -0.25) is 4.79 Å². The van der Waals surface area contributed by atoms with Crippen LogP contribution in [0.3, 0.4) is 0 Å². The van der Waals surface area contributed by atoms with Crippen LogP contribution in [0.5, 0.6) is 0 Å². The highest BCUT2D eigenvalue weighted by Gasteiger charge is 2.29. The number of imidazole rings is 1. The number of nitrogens with zero attached hydrogens (tertiary/aromatic N) is 2. The van der Waals surface area contributed by atoms with Gasteiger partial charge in [-0.1, -0.05) is 17.7 Å². The molecule has 0 radical (unpaired) electrons. The van der Waals surface area contributed by atoms with Crippen LogP contribution in [0.25, 0.3) is 11.3 Å². The van der Waals surface area contributed by atoms with Crippen LogP contribution in [0.1, 0.15) is 17.8 Å². The molecule has 1 aromatic heterocycles. The molecule has 2 aromatic carbocycles. The largest absolute Gasteiger partial charge is 1.00 e. The third-order valence-corrected chi connectivity index (χ3v) is 5.16. The van der Waals surface area contributed by atoms with E-state index >= 15 is 0 Å². The van der Waals surface area contributed by atoms with Gasteiger partial charge >= 0.3 is 0 Å². The molecule has 0 unspecified atom stereocenters. The van der Waals surface area contributed by atoms with Crippen molar-refractivity contribution in [3.63, 3.8) is 0 Å². The van der Waals surface area contributed by atoms with Gasteiger partial charge in [0.05, 0.1) is 13.0 Å². The highest BCUT2D eigenvalue weighted by atomic mass is 35.5. The first-order chi connectivity index (χ1) is 13.0. The number of benzene rings is 2. The quantitative estimate of drug-likeness (QED) is 0.632. The van der Waals surface area contributed by atoms with Gasteiger partial charge in [-0.15, -0.1) is 0 Å². The molecule has 28 heavy (non-hydrogen) atoms. The Morgan fingerprint density at radius 3 is 2.75 bits per heavy atom. The highest BCUT2D eigenvalue weighted by molar-refractivity contribution is 6.31. The number of aryl methyl sites for hydroxylation is 1. The Bertz CT molecular complexity index is 1020. The van der Waals surface area contributed by atoms with E-state index in [1.165, 1.54) is 12.1 Å². The van der Waals surface area contributed by atoms with Gasteiger partial charge in [-0.05, 0) is 55.3 Å². The fraction of sp³-hybridized carbons (Fsp3) is 0.238. The minimum absolute atomic E-state index is 0. The Morgan fingerprint density at radius 1 is 1.25 bits per heavy atom. The number of rotatable bonds is 4. The van der Waals surface area contributed by atoms with Gasteiger partial charge < -0.3 is 17.7 Å². The fourth-order valence-corrected chi connectivity index (χ4v) is 3.74. The van der Waals surface area contributed by atoms with Gasteiger partial charge in [-0.2, -0.15) is 0 Å². The molecule has 4 rings (SSSR count). The number of fused-ring (bicyclic) bond motifs is 1. The van der Waals surface area contributed by atoms with Crippen LogP contribution in [0.2, 0.25) is 5.02 Å². The van der Waals surface area contributed by atoms with E-state index < -0.39 is 0 Å². The van der Waals surface area contributed by atoms with Crippen molar-refractivity contribution in [1.82, 2.24) is 4.57 Å². The standard InChI is InChI=1S/C21H19ClFN3O.ClH/c1-14-4-7-16(22)11-18(14)24-20(27)13-25-12-19(26-10-2-3-21(25)26)15-5-8-17(23)9-6-15;/h4-9,11-12H,2-3,10,13H2,1H3;1H. The molecule has 0 saturated carbocycles. The van der Waals surface area contributed by atoms with Gasteiger partial charge in [0.2, 0.25) is 0 Å². The second-order valence-corrected chi connectivity index (χ2v) is 7.26. The summed E-state index contributed by atoms with van der Waals surface area (Å²) >= 11 is 6.03. The summed E-state index contributed by atoms with van der Waals surface area (Å²) in [6, 6.07) is 11.9. The van der Waals surface area contributed by atoms with Crippen LogP contribution in [0.4, 0.5) is 10.1 Å². The summed E-state index contributed by atoms with van der Waals surface area (Å²) in [5.41, 5.74) is 3.65. The van der Waals surface area contributed by atoms with Crippen LogP contribution < -0.4 is 22.3 Å².